The molecule has 0 aliphatic heterocycles. The van der Waals surface area contributed by atoms with Gasteiger partial charge in [-0.25, -0.2) is 0 Å². The van der Waals surface area contributed by atoms with Gasteiger partial charge in [-0.1, -0.05) is 6.92 Å². The molecule has 5 nitrogen and oxygen atoms in total. The molecule has 0 rings (SSSR count). The van der Waals surface area contributed by atoms with Crippen LogP contribution in [0.15, 0.2) is 0 Å². The summed E-state index contributed by atoms with van der Waals surface area (Å²) in [5, 5.41) is 12.8. The van der Waals surface area contributed by atoms with Crippen molar-refractivity contribution in [3.63, 3.8) is 0 Å². The fourth-order valence-corrected chi connectivity index (χ4v) is 1.83. The average molecular weight is 291 g/mol. The van der Waals surface area contributed by atoms with Crippen LogP contribution >= 0.6 is 0 Å². The highest BCUT2D eigenvalue weighted by Crippen LogP contribution is 2.13. The second-order valence-electron chi connectivity index (χ2n) is 5.32. The normalized spacial score (nSPS) is 14.4. The minimum absolute atomic E-state index is 0.153. The van der Waals surface area contributed by atoms with E-state index in [9.17, 15) is 5.11 Å². The van der Waals surface area contributed by atoms with Crippen molar-refractivity contribution in [1.82, 2.24) is 5.32 Å². The van der Waals surface area contributed by atoms with Gasteiger partial charge in [-0.15, -0.1) is 0 Å². The van der Waals surface area contributed by atoms with Gasteiger partial charge in [0.2, 0.25) is 0 Å². The fraction of sp³-hybridized carbons (Fsp3) is 1.00. The minimum Gasteiger partial charge on any atom is -0.394 e. The lowest BCUT2D eigenvalue weighted by molar-refractivity contribution is 0.0235. The number of aliphatic hydroxyl groups is 1. The van der Waals surface area contributed by atoms with Crippen LogP contribution in [-0.4, -0.2) is 63.9 Å². The summed E-state index contributed by atoms with van der Waals surface area (Å²) in [5.74, 6) is 0. The molecule has 5 heteroatoms. The van der Waals surface area contributed by atoms with E-state index in [1.165, 1.54) is 0 Å². The summed E-state index contributed by atoms with van der Waals surface area (Å²) in [4.78, 5) is 0. The van der Waals surface area contributed by atoms with Gasteiger partial charge >= 0.3 is 0 Å². The number of unbranched alkanes of at least 4 members (excludes halogenated alkanes) is 1. The highest BCUT2D eigenvalue weighted by molar-refractivity contribution is 4.81. The van der Waals surface area contributed by atoms with E-state index < -0.39 is 0 Å². The van der Waals surface area contributed by atoms with E-state index in [0.29, 0.717) is 26.4 Å². The summed E-state index contributed by atoms with van der Waals surface area (Å²) in [6.45, 7) is 8.60. The van der Waals surface area contributed by atoms with Gasteiger partial charge in [-0.3, -0.25) is 0 Å². The molecule has 0 fully saturated rings. The van der Waals surface area contributed by atoms with Crippen LogP contribution in [0.3, 0.4) is 0 Å². The highest BCUT2D eigenvalue weighted by atomic mass is 16.5. The van der Waals surface area contributed by atoms with Crippen molar-refractivity contribution in [2.45, 2.75) is 45.1 Å². The molecule has 0 aromatic carbocycles. The predicted molar refractivity (Wildman–Crippen MR) is 81.1 cm³/mol. The number of methoxy groups -OCH3 is 1. The van der Waals surface area contributed by atoms with Crippen LogP contribution in [0.1, 0.15) is 39.5 Å². The Morgan fingerprint density at radius 1 is 1.00 bits per heavy atom. The summed E-state index contributed by atoms with van der Waals surface area (Å²) in [6.07, 6.45) is 4.12. The lowest BCUT2D eigenvalue weighted by Gasteiger charge is -2.28. The maximum atomic E-state index is 9.43. The van der Waals surface area contributed by atoms with E-state index in [0.717, 1.165) is 38.8 Å². The van der Waals surface area contributed by atoms with Gasteiger partial charge in [0.1, 0.15) is 0 Å². The van der Waals surface area contributed by atoms with Gasteiger partial charge in [0.25, 0.3) is 0 Å². The smallest absolute Gasteiger partial charge is 0.0701 e. The van der Waals surface area contributed by atoms with E-state index in [4.69, 9.17) is 14.2 Å². The molecule has 0 saturated carbocycles. The van der Waals surface area contributed by atoms with Crippen molar-refractivity contribution in [3.8, 4) is 0 Å². The molecule has 20 heavy (non-hydrogen) atoms. The number of hydrogen-bond donors (Lipinski definition) is 2. The molecule has 0 heterocycles. The summed E-state index contributed by atoms with van der Waals surface area (Å²) >= 11 is 0. The Bertz CT molecular complexity index is 204. The molecule has 0 aromatic heterocycles. The number of ether oxygens (including phenoxy) is 3. The quantitative estimate of drug-likeness (QED) is 0.449. The Kier molecular flexibility index (Phi) is 13.6. The monoisotopic (exact) mass is 291 g/mol. The van der Waals surface area contributed by atoms with Crippen molar-refractivity contribution in [2.75, 3.05) is 53.3 Å². The first kappa shape index (κ1) is 19.8. The van der Waals surface area contributed by atoms with Crippen LogP contribution in [0.25, 0.3) is 0 Å². The Balaban J connectivity index is 3.37. The van der Waals surface area contributed by atoms with E-state index in [2.05, 4.69) is 19.2 Å². The molecule has 0 aliphatic rings. The number of hydrogen-bond acceptors (Lipinski definition) is 5. The standard InChI is InChI=1S/C15H33NO4/c1-4-8-16-15(2,14-17)7-5-6-9-19-12-13-20-11-10-18-3/h16-17H,4-14H2,1-3H3. The minimum atomic E-state index is -0.153. The molecule has 0 bridgehead atoms. The van der Waals surface area contributed by atoms with Gasteiger partial charge < -0.3 is 24.6 Å². The second-order valence-corrected chi connectivity index (χ2v) is 5.32. The van der Waals surface area contributed by atoms with Crippen LogP contribution in [0.4, 0.5) is 0 Å². The van der Waals surface area contributed by atoms with Crippen LogP contribution in [0.2, 0.25) is 0 Å². The zero-order valence-corrected chi connectivity index (χ0v) is 13.5. The van der Waals surface area contributed by atoms with Gasteiger partial charge in [0.15, 0.2) is 0 Å². The van der Waals surface area contributed by atoms with Crippen LogP contribution in [-0.2, 0) is 14.2 Å². The Morgan fingerprint density at radius 2 is 1.65 bits per heavy atom. The van der Waals surface area contributed by atoms with Crippen LogP contribution < -0.4 is 5.32 Å². The molecule has 0 spiro atoms. The molecule has 0 amide bonds. The summed E-state index contributed by atoms with van der Waals surface area (Å²) in [6, 6.07) is 0. The van der Waals surface area contributed by atoms with Gasteiger partial charge in [0, 0.05) is 19.3 Å². The van der Waals surface area contributed by atoms with Crippen molar-refractivity contribution in [3.05, 3.63) is 0 Å². The van der Waals surface area contributed by atoms with E-state index in [1.54, 1.807) is 7.11 Å². The van der Waals surface area contributed by atoms with E-state index in [1.807, 2.05) is 0 Å². The largest absolute Gasteiger partial charge is 0.394 e. The SMILES string of the molecule is CCCNC(C)(CO)CCCCOCCOCCOC. The lowest BCUT2D eigenvalue weighted by Crippen LogP contribution is -2.46. The van der Waals surface area contributed by atoms with Gasteiger partial charge in [0.05, 0.1) is 33.0 Å². The van der Waals surface area contributed by atoms with Crippen molar-refractivity contribution < 1.29 is 19.3 Å². The third kappa shape index (κ3) is 11.6. The maximum Gasteiger partial charge on any atom is 0.0701 e. The Hall–Kier alpha value is -0.200. The van der Waals surface area contributed by atoms with E-state index >= 15 is 0 Å². The Labute approximate surface area is 124 Å². The van der Waals surface area contributed by atoms with Crippen molar-refractivity contribution in [2.24, 2.45) is 0 Å². The zero-order chi connectivity index (χ0) is 15.1. The van der Waals surface area contributed by atoms with Crippen molar-refractivity contribution >= 4 is 0 Å². The highest BCUT2D eigenvalue weighted by Gasteiger charge is 2.21. The first-order valence-electron chi connectivity index (χ1n) is 7.69. The molecule has 0 aliphatic carbocycles. The fourth-order valence-electron chi connectivity index (χ4n) is 1.83. The zero-order valence-electron chi connectivity index (χ0n) is 13.5. The summed E-state index contributed by atoms with van der Waals surface area (Å²) in [7, 11) is 1.66. The lowest BCUT2D eigenvalue weighted by atomic mass is 9.95. The second kappa shape index (κ2) is 13.8. The van der Waals surface area contributed by atoms with Gasteiger partial charge in [-0.05, 0) is 39.2 Å². The number of rotatable bonds is 15. The van der Waals surface area contributed by atoms with Crippen LogP contribution in [0, 0.1) is 0 Å². The maximum absolute atomic E-state index is 9.43. The first-order valence-corrected chi connectivity index (χ1v) is 7.69. The first-order chi connectivity index (χ1) is 9.68. The van der Waals surface area contributed by atoms with Crippen molar-refractivity contribution in [1.29, 1.82) is 0 Å². The topological polar surface area (TPSA) is 60.0 Å². The molecule has 1 atom stereocenters. The summed E-state index contributed by atoms with van der Waals surface area (Å²) < 4.78 is 15.7. The molecule has 2 N–H and O–H groups in total. The molecule has 1 unspecified atom stereocenters. The molecule has 0 saturated heterocycles. The van der Waals surface area contributed by atoms with Crippen LogP contribution in [0.5, 0.6) is 0 Å². The third-order valence-electron chi connectivity index (χ3n) is 3.22. The third-order valence-corrected chi connectivity index (χ3v) is 3.22. The molecular weight excluding hydrogens is 258 g/mol. The Morgan fingerprint density at radius 3 is 2.25 bits per heavy atom. The van der Waals surface area contributed by atoms with Gasteiger partial charge in [-0.2, -0.15) is 0 Å². The molecular formula is C15H33NO4. The molecule has 122 valence electrons. The average Bonchev–Trinajstić information content (AvgIpc) is 2.47. The number of nitrogens with one attached hydrogen (secondary N) is 1. The summed E-state index contributed by atoms with van der Waals surface area (Å²) in [5.41, 5.74) is -0.153. The number of aliphatic hydroxyl groups excluding tert-OH is 1. The molecule has 0 radical (unpaired) electrons. The van der Waals surface area contributed by atoms with E-state index in [-0.39, 0.29) is 12.1 Å². The predicted octanol–water partition coefficient (Wildman–Crippen LogP) is 1.59. The molecule has 0 aromatic rings.